The molecule has 182 valence electrons. The summed E-state index contributed by atoms with van der Waals surface area (Å²) in [7, 11) is 1.98. The number of benzene rings is 2. The molecule has 0 aliphatic carbocycles. The number of thiophene rings is 1. The molecule has 10 heteroatoms. The summed E-state index contributed by atoms with van der Waals surface area (Å²) in [5.74, 6) is -4.06. The molecule has 0 saturated heterocycles. The van der Waals surface area contributed by atoms with Crippen molar-refractivity contribution in [3.63, 3.8) is 0 Å². The Morgan fingerprint density at radius 1 is 0.971 bits per heavy atom. The summed E-state index contributed by atoms with van der Waals surface area (Å²) in [5.41, 5.74) is -2.74. The Kier molecular flexibility index (Phi) is 9.99. The van der Waals surface area contributed by atoms with Crippen LogP contribution in [0.2, 0.25) is 0 Å². The third-order valence-corrected chi connectivity index (χ3v) is 5.79. The lowest BCUT2D eigenvalue weighted by atomic mass is 9.96. The molecular formula is C24H27NO8S. The Labute approximate surface area is 200 Å². The van der Waals surface area contributed by atoms with Crippen LogP contribution in [-0.4, -0.2) is 57.5 Å². The molecule has 0 radical (unpaired) electrons. The average molecular weight is 490 g/mol. The summed E-state index contributed by atoms with van der Waals surface area (Å²) in [6, 6.07) is 18.8. The minimum atomic E-state index is -2.74. The van der Waals surface area contributed by atoms with E-state index in [-0.39, 0.29) is 6.10 Å². The minimum absolute atomic E-state index is 0.100. The number of nitrogens with one attached hydrogen (secondary N) is 1. The molecule has 0 aliphatic heterocycles. The van der Waals surface area contributed by atoms with Gasteiger partial charge in [-0.3, -0.25) is 9.59 Å². The van der Waals surface area contributed by atoms with E-state index in [1.54, 1.807) is 11.3 Å². The van der Waals surface area contributed by atoms with Crippen LogP contribution in [0.15, 0.2) is 60.0 Å². The molecule has 1 aromatic heterocycles. The summed E-state index contributed by atoms with van der Waals surface area (Å²) in [6.45, 7) is 0.938. The van der Waals surface area contributed by atoms with Crippen molar-refractivity contribution >= 4 is 40.0 Å². The smallest absolute Gasteiger partial charge is 0.336 e. The minimum Gasteiger partial charge on any atom is -0.484 e. The number of aliphatic hydroxyl groups is 1. The predicted molar refractivity (Wildman–Crippen MR) is 127 cm³/mol. The van der Waals surface area contributed by atoms with Crippen LogP contribution in [0.5, 0.6) is 5.75 Å². The van der Waals surface area contributed by atoms with E-state index in [9.17, 15) is 14.4 Å². The third-order valence-electron chi connectivity index (χ3n) is 4.82. The van der Waals surface area contributed by atoms with Crippen LogP contribution in [0.25, 0.3) is 10.8 Å². The molecular weight excluding hydrogens is 462 g/mol. The quantitative estimate of drug-likeness (QED) is 0.273. The number of fused-ring (bicyclic) bond motifs is 1. The molecule has 0 amide bonds. The molecule has 1 atom stereocenters. The van der Waals surface area contributed by atoms with Crippen molar-refractivity contribution in [1.82, 2.24) is 5.32 Å². The second-order valence-electron chi connectivity index (χ2n) is 7.47. The monoisotopic (exact) mass is 489 g/mol. The van der Waals surface area contributed by atoms with E-state index in [0.717, 1.165) is 18.7 Å². The molecule has 9 nitrogen and oxygen atoms in total. The average Bonchev–Trinajstić information content (AvgIpc) is 3.31. The number of carbonyl (C=O) groups is 3. The summed E-state index contributed by atoms with van der Waals surface area (Å²) >= 11 is 1.75. The second-order valence-corrected chi connectivity index (χ2v) is 8.45. The largest absolute Gasteiger partial charge is 0.484 e. The Morgan fingerprint density at radius 2 is 1.62 bits per heavy atom. The Bertz CT molecular complexity index is 1080. The maximum absolute atomic E-state index is 10.3. The predicted octanol–water partition coefficient (Wildman–Crippen LogP) is 3.38. The molecule has 3 rings (SSSR count). The van der Waals surface area contributed by atoms with Gasteiger partial charge in [0.2, 0.25) is 0 Å². The molecule has 3 aromatic rings. The molecule has 0 fully saturated rings. The van der Waals surface area contributed by atoms with Crippen LogP contribution in [0.4, 0.5) is 0 Å². The second kappa shape index (κ2) is 12.7. The lowest BCUT2D eigenvalue weighted by Crippen LogP contribution is -2.42. The van der Waals surface area contributed by atoms with E-state index in [4.69, 9.17) is 25.2 Å². The van der Waals surface area contributed by atoms with Gasteiger partial charge >= 0.3 is 17.9 Å². The highest BCUT2D eigenvalue weighted by atomic mass is 32.1. The van der Waals surface area contributed by atoms with Gasteiger partial charge in [-0.15, -0.1) is 11.3 Å². The highest BCUT2D eigenvalue weighted by molar-refractivity contribution is 7.10. The fourth-order valence-corrected chi connectivity index (χ4v) is 3.96. The van der Waals surface area contributed by atoms with E-state index < -0.39 is 36.4 Å². The molecule has 0 bridgehead atoms. The number of ether oxygens (including phenoxy) is 1. The Morgan fingerprint density at radius 3 is 2.18 bits per heavy atom. The van der Waals surface area contributed by atoms with E-state index in [2.05, 4.69) is 65.3 Å². The first-order valence-electron chi connectivity index (χ1n) is 10.4. The highest BCUT2D eigenvalue weighted by Gasteiger charge is 2.40. The fourth-order valence-electron chi connectivity index (χ4n) is 3.17. The third kappa shape index (κ3) is 7.84. The topological polar surface area (TPSA) is 153 Å². The normalized spacial score (nSPS) is 11.8. The molecule has 5 N–H and O–H groups in total. The SMILES string of the molecule is CNCC[C@H](Oc1cccc2ccccc12)c1cccs1.O=C(O)CC(O)(CC(=O)O)C(=O)O. The summed E-state index contributed by atoms with van der Waals surface area (Å²) in [4.78, 5) is 31.8. The Balaban J connectivity index is 0.000000273. The van der Waals surface area contributed by atoms with Crippen LogP contribution in [0.1, 0.15) is 30.2 Å². The van der Waals surface area contributed by atoms with Gasteiger partial charge in [-0.2, -0.15) is 0 Å². The van der Waals surface area contributed by atoms with Crippen LogP contribution in [0.3, 0.4) is 0 Å². The van der Waals surface area contributed by atoms with Gasteiger partial charge in [0.25, 0.3) is 0 Å². The number of carboxylic acid groups (broad SMARTS) is 3. The molecule has 0 saturated carbocycles. The van der Waals surface area contributed by atoms with E-state index in [0.29, 0.717) is 0 Å². The molecule has 0 spiro atoms. The van der Waals surface area contributed by atoms with Crippen molar-refractivity contribution in [1.29, 1.82) is 0 Å². The fraction of sp³-hybridized carbons (Fsp3) is 0.292. The van der Waals surface area contributed by atoms with Gasteiger partial charge in [0.1, 0.15) is 11.9 Å². The van der Waals surface area contributed by atoms with Gasteiger partial charge in [-0.05, 0) is 36.5 Å². The van der Waals surface area contributed by atoms with Crippen LogP contribution >= 0.6 is 11.3 Å². The van der Waals surface area contributed by atoms with Gasteiger partial charge in [-0.25, -0.2) is 4.79 Å². The zero-order chi connectivity index (χ0) is 25.1. The first-order chi connectivity index (χ1) is 16.2. The van der Waals surface area contributed by atoms with Crippen LogP contribution in [0, 0.1) is 0 Å². The summed E-state index contributed by atoms with van der Waals surface area (Å²) in [6.07, 6.45) is -1.23. The Hall–Kier alpha value is -3.47. The van der Waals surface area contributed by atoms with E-state index in [1.165, 1.54) is 15.6 Å². The van der Waals surface area contributed by atoms with Crippen molar-refractivity contribution in [3.05, 3.63) is 64.9 Å². The van der Waals surface area contributed by atoms with Gasteiger partial charge in [-0.1, -0.05) is 42.5 Å². The van der Waals surface area contributed by atoms with Crippen LogP contribution in [-0.2, 0) is 14.4 Å². The van der Waals surface area contributed by atoms with E-state index >= 15 is 0 Å². The molecule has 0 aliphatic rings. The first kappa shape index (κ1) is 26.8. The summed E-state index contributed by atoms with van der Waals surface area (Å²) < 4.78 is 6.34. The van der Waals surface area contributed by atoms with Crippen LogP contribution < -0.4 is 10.1 Å². The standard InChI is InChI=1S/C18H19NOS.C6H8O7/c1-19-12-11-17(18-10-5-13-21-18)20-16-9-4-7-14-6-2-3-8-15(14)16;7-3(8)1-6(13,5(11)12)2-4(9)10/h2-10,13,17,19H,11-12H2,1H3;13H,1-2H2,(H,7,8)(H,9,10)(H,11,12)/t17-;/m0./s1. The number of hydrogen-bond donors (Lipinski definition) is 5. The maximum Gasteiger partial charge on any atom is 0.336 e. The van der Waals surface area contributed by atoms with Crippen molar-refractivity contribution < 1.29 is 39.5 Å². The molecule has 0 unspecified atom stereocenters. The highest BCUT2D eigenvalue weighted by Crippen LogP contribution is 2.32. The van der Waals surface area contributed by atoms with E-state index in [1.807, 2.05) is 7.05 Å². The number of carboxylic acids is 3. The van der Waals surface area contributed by atoms with Gasteiger partial charge in [0, 0.05) is 16.7 Å². The first-order valence-corrected chi connectivity index (χ1v) is 11.3. The van der Waals surface area contributed by atoms with Gasteiger partial charge in [0.05, 0.1) is 12.8 Å². The molecule has 34 heavy (non-hydrogen) atoms. The zero-order valence-corrected chi connectivity index (χ0v) is 19.3. The lowest BCUT2D eigenvalue weighted by molar-refractivity contribution is -0.170. The van der Waals surface area contributed by atoms with Crippen molar-refractivity contribution in [2.75, 3.05) is 13.6 Å². The number of rotatable bonds is 11. The molecule has 1 heterocycles. The summed E-state index contributed by atoms with van der Waals surface area (Å²) in [5, 5.41) is 41.5. The van der Waals surface area contributed by atoms with Crippen molar-refractivity contribution in [2.45, 2.75) is 31.0 Å². The number of aliphatic carboxylic acids is 3. The van der Waals surface area contributed by atoms with Gasteiger partial charge in [0.15, 0.2) is 5.60 Å². The van der Waals surface area contributed by atoms with Crippen molar-refractivity contribution in [2.24, 2.45) is 0 Å². The lowest BCUT2D eigenvalue weighted by Gasteiger charge is -2.19. The molecule has 2 aromatic carbocycles. The van der Waals surface area contributed by atoms with Crippen molar-refractivity contribution in [3.8, 4) is 5.75 Å². The van der Waals surface area contributed by atoms with Gasteiger partial charge < -0.3 is 30.5 Å². The maximum atomic E-state index is 10.3. The zero-order valence-electron chi connectivity index (χ0n) is 18.5. The number of hydrogen-bond acceptors (Lipinski definition) is 7.